The Bertz CT molecular complexity index is 1140. The van der Waals surface area contributed by atoms with Crippen LogP contribution in [0.3, 0.4) is 0 Å². The first-order chi connectivity index (χ1) is 18.7. The Labute approximate surface area is 227 Å². The number of hydrogen-bond donors (Lipinski definition) is 3. The van der Waals surface area contributed by atoms with Gasteiger partial charge in [-0.3, -0.25) is 9.59 Å². The number of fused-ring (bicyclic) bond motifs is 1. The van der Waals surface area contributed by atoms with Gasteiger partial charge in [0.15, 0.2) is 0 Å². The van der Waals surface area contributed by atoms with Gasteiger partial charge in [-0.05, 0) is 48.4 Å². The Morgan fingerprint density at radius 2 is 2.03 bits per heavy atom. The zero-order valence-corrected chi connectivity index (χ0v) is 22.7. The van der Waals surface area contributed by atoms with Gasteiger partial charge >= 0.3 is 6.03 Å². The van der Waals surface area contributed by atoms with Crippen molar-refractivity contribution >= 4 is 23.5 Å². The third-order valence-corrected chi connectivity index (χ3v) is 7.38. The molecule has 0 bridgehead atoms. The minimum absolute atomic E-state index is 0.0863. The van der Waals surface area contributed by atoms with Crippen molar-refractivity contribution in [3.63, 3.8) is 0 Å². The number of nitrogens with zero attached hydrogens (tertiary/aromatic N) is 6. The summed E-state index contributed by atoms with van der Waals surface area (Å²) in [7, 11) is 1.75. The van der Waals surface area contributed by atoms with Crippen LogP contribution in [0.4, 0.5) is 10.5 Å². The zero-order valence-electron chi connectivity index (χ0n) is 22.7. The second-order valence-corrected chi connectivity index (χ2v) is 10.6. The number of carbonyl (C=O) groups excluding carboxylic acids is 3. The lowest BCUT2D eigenvalue weighted by molar-refractivity contribution is -0.116. The maximum atomic E-state index is 13.6. The summed E-state index contributed by atoms with van der Waals surface area (Å²) in [5.74, 6) is -0.445. The number of nitrogens with one attached hydrogen (secondary N) is 2. The molecule has 0 saturated heterocycles. The zero-order chi connectivity index (χ0) is 27.9. The first-order valence-electron chi connectivity index (χ1n) is 13.5. The van der Waals surface area contributed by atoms with E-state index in [2.05, 4.69) is 26.2 Å². The van der Waals surface area contributed by atoms with E-state index in [0.717, 1.165) is 25.7 Å². The minimum atomic E-state index is -0.433. The number of urea groups is 1. The van der Waals surface area contributed by atoms with Crippen molar-refractivity contribution in [3.05, 3.63) is 30.1 Å². The van der Waals surface area contributed by atoms with Gasteiger partial charge in [0.2, 0.25) is 5.91 Å². The maximum Gasteiger partial charge on any atom is 0.317 e. The highest BCUT2D eigenvalue weighted by atomic mass is 16.5. The second kappa shape index (κ2) is 12.9. The van der Waals surface area contributed by atoms with Gasteiger partial charge in [0.25, 0.3) is 5.91 Å². The second-order valence-electron chi connectivity index (χ2n) is 10.6. The summed E-state index contributed by atoms with van der Waals surface area (Å²) in [6.07, 6.45) is 6.37. The molecule has 1 aromatic heterocycles. The Hall–Kier alpha value is -3.74. The lowest BCUT2D eigenvalue weighted by atomic mass is 9.96. The van der Waals surface area contributed by atoms with Crippen LogP contribution < -0.4 is 15.4 Å². The fourth-order valence-corrected chi connectivity index (χ4v) is 5.00. The van der Waals surface area contributed by atoms with Gasteiger partial charge in [-0.1, -0.05) is 26.2 Å². The number of carbonyl (C=O) groups is 3. The largest absolute Gasteiger partial charge is 0.487 e. The third kappa shape index (κ3) is 7.22. The molecule has 2 heterocycles. The summed E-state index contributed by atoms with van der Waals surface area (Å²) < 4.78 is 7.65. The van der Waals surface area contributed by atoms with Crippen molar-refractivity contribution in [2.24, 2.45) is 5.92 Å². The highest BCUT2D eigenvalue weighted by molar-refractivity contribution is 5.99. The number of tetrazole rings is 1. The van der Waals surface area contributed by atoms with E-state index in [0.29, 0.717) is 24.5 Å². The number of ether oxygens (including phenoxy) is 1. The van der Waals surface area contributed by atoms with Crippen LogP contribution in [0.25, 0.3) is 0 Å². The number of aromatic nitrogens is 4. The minimum Gasteiger partial charge on any atom is -0.487 e. The molecule has 0 spiro atoms. The van der Waals surface area contributed by atoms with Crippen molar-refractivity contribution in [2.45, 2.75) is 70.7 Å². The Morgan fingerprint density at radius 1 is 1.26 bits per heavy atom. The molecule has 39 heavy (non-hydrogen) atoms. The number of rotatable bonds is 8. The van der Waals surface area contributed by atoms with E-state index < -0.39 is 12.1 Å². The number of amides is 4. The van der Waals surface area contributed by atoms with Gasteiger partial charge in [0.1, 0.15) is 24.7 Å². The van der Waals surface area contributed by atoms with Crippen molar-refractivity contribution in [1.82, 2.24) is 35.3 Å². The predicted octanol–water partition coefficient (Wildman–Crippen LogP) is 1.51. The van der Waals surface area contributed by atoms with E-state index in [1.165, 1.54) is 17.4 Å². The van der Waals surface area contributed by atoms with Crippen LogP contribution in [0.1, 0.15) is 56.3 Å². The van der Waals surface area contributed by atoms with Gasteiger partial charge in [-0.25, -0.2) is 9.48 Å². The third-order valence-electron chi connectivity index (χ3n) is 7.38. The van der Waals surface area contributed by atoms with E-state index in [-0.39, 0.29) is 48.5 Å². The number of benzene rings is 1. The summed E-state index contributed by atoms with van der Waals surface area (Å²) in [6.45, 7) is 4.12. The first kappa shape index (κ1) is 28.3. The van der Waals surface area contributed by atoms with E-state index in [1.54, 1.807) is 42.0 Å². The molecular weight excluding hydrogens is 504 g/mol. The monoisotopic (exact) mass is 542 g/mol. The highest BCUT2D eigenvalue weighted by Gasteiger charge is 2.34. The van der Waals surface area contributed by atoms with E-state index in [1.807, 2.05) is 6.92 Å². The molecule has 1 aromatic carbocycles. The van der Waals surface area contributed by atoms with Crippen LogP contribution in [0.15, 0.2) is 24.5 Å². The van der Waals surface area contributed by atoms with Crippen LogP contribution in [0.2, 0.25) is 0 Å². The number of hydrogen-bond acceptors (Lipinski definition) is 8. The summed E-state index contributed by atoms with van der Waals surface area (Å²) in [4.78, 5) is 42.2. The number of likely N-dealkylation sites (N-methyl/N-ethyl adjacent to an activating group) is 1. The van der Waals surface area contributed by atoms with Gasteiger partial charge in [-0.15, -0.1) is 5.10 Å². The molecule has 13 nitrogen and oxygen atoms in total. The summed E-state index contributed by atoms with van der Waals surface area (Å²) in [6, 6.07) is 4.49. The molecule has 3 atom stereocenters. The summed E-state index contributed by atoms with van der Waals surface area (Å²) in [5, 5.41) is 26.5. The average Bonchev–Trinajstić information content (AvgIpc) is 3.43. The SMILES string of the molecule is C[C@@H]1CN([C@H](C)CO)C(=O)c2cc(NC(=O)Cn3cnnn3)ccc2O[C@@H]1CN(C)C(=O)NC1CCCCC1. The van der Waals surface area contributed by atoms with Crippen LogP contribution in [-0.2, 0) is 11.3 Å². The van der Waals surface area contributed by atoms with Crippen LogP contribution in [-0.4, -0.2) is 97.9 Å². The van der Waals surface area contributed by atoms with Crippen LogP contribution in [0.5, 0.6) is 5.75 Å². The standard InChI is InChI=1S/C26H38N8O5/c1-17-12-34(18(2)15-35)25(37)21-11-20(28-24(36)14-33-16-27-30-31-33)9-10-22(21)39-23(17)13-32(3)26(38)29-19-7-5-4-6-8-19/h9-11,16-19,23,35H,4-8,12-15H2,1-3H3,(H,28,36)(H,29,38)/t17-,18-,23-/m1/s1. The van der Waals surface area contributed by atoms with Gasteiger partial charge < -0.3 is 30.3 Å². The smallest absolute Gasteiger partial charge is 0.317 e. The molecule has 1 aliphatic carbocycles. The van der Waals surface area contributed by atoms with Gasteiger partial charge in [-0.2, -0.15) is 0 Å². The van der Waals surface area contributed by atoms with E-state index >= 15 is 0 Å². The molecule has 3 N–H and O–H groups in total. The Morgan fingerprint density at radius 3 is 2.72 bits per heavy atom. The predicted molar refractivity (Wildman–Crippen MR) is 142 cm³/mol. The van der Waals surface area contributed by atoms with Crippen molar-refractivity contribution in [3.8, 4) is 5.75 Å². The average molecular weight is 543 g/mol. The molecule has 13 heteroatoms. The molecule has 1 fully saturated rings. The number of aliphatic hydroxyl groups excluding tert-OH is 1. The normalized spacial score (nSPS) is 20.7. The Balaban J connectivity index is 1.53. The summed E-state index contributed by atoms with van der Waals surface area (Å²) in [5.41, 5.74) is 0.677. The molecule has 2 aromatic rings. The lowest BCUT2D eigenvalue weighted by Crippen LogP contribution is -2.52. The lowest BCUT2D eigenvalue weighted by Gasteiger charge is -2.38. The van der Waals surface area contributed by atoms with Crippen LogP contribution in [0, 0.1) is 5.92 Å². The molecule has 2 aliphatic rings. The molecule has 4 rings (SSSR count). The maximum absolute atomic E-state index is 13.6. The Kier molecular flexibility index (Phi) is 9.33. The highest BCUT2D eigenvalue weighted by Crippen LogP contribution is 2.31. The molecule has 212 valence electrons. The molecule has 0 unspecified atom stereocenters. The quantitative estimate of drug-likeness (QED) is 0.453. The van der Waals surface area contributed by atoms with Crippen molar-refractivity contribution in [2.75, 3.05) is 32.1 Å². The molecule has 4 amide bonds. The van der Waals surface area contributed by atoms with Crippen LogP contribution >= 0.6 is 0 Å². The van der Waals surface area contributed by atoms with E-state index in [4.69, 9.17) is 4.74 Å². The van der Waals surface area contributed by atoms with E-state index in [9.17, 15) is 19.5 Å². The van der Waals surface area contributed by atoms with Crippen molar-refractivity contribution in [1.29, 1.82) is 0 Å². The van der Waals surface area contributed by atoms with Gasteiger partial charge in [0, 0.05) is 31.2 Å². The molecule has 1 aliphatic heterocycles. The summed E-state index contributed by atoms with van der Waals surface area (Å²) >= 11 is 0. The van der Waals surface area contributed by atoms with Crippen molar-refractivity contribution < 1.29 is 24.2 Å². The number of aliphatic hydroxyl groups is 1. The fraction of sp³-hybridized carbons (Fsp3) is 0.615. The molecular formula is C26H38N8O5. The van der Waals surface area contributed by atoms with Gasteiger partial charge in [0.05, 0.1) is 24.8 Å². The molecule has 1 saturated carbocycles. The first-order valence-corrected chi connectivity index (χ1v) is 13.5. The topological polar surface area (TPSA) is 155 Å². The molecule has 0 radical (unpaired) electrons. The fourth-order valence-electron chi connectivity index (χ4n) is 5.00. The number of anilines is 1.